The molecule has 18 heavy (non-hydrogen) atoms. The standard InChI is InChI=1S/C15H30N2Si/c1-14(2)18(3)15(16-10-6-4-7-11-16)17-12-8-5-9-13-17/h15,18H,1,4-13H2,2-3H3. The lowest BCUT2D eigenvalue weighted by Crippen LogP contribution is -2.58. The van der Waals surface area contributed by atoms with Gasteiger partial charge in [0.2, 0.25) is 0 Å². The molecule has 0 saturated carbocycles. The van der Waals surface area contributed by atoms with Crippen LogP contribution in [-0.2, 0) is 0 Å². The molecule has 0 radical (unpaired) electrons. The van der Waals surface area contributed by atoms with E-state index < -0.39 is 8.80 Å². The summed E-state index contributed by atoms with van der Waals surface area (Å²) in [5.74, 6) is 0.753. The van der Waals surface area contributed by atoms with E-state index in [2.05, 4.69) is 29.8 Å². The Morgan fingerprint density at radius 3 is 1.61 bits per heavy atom. The fourth-order valence-corrected chi connectivity index (χ4v) is 5.85. The maximum Gasteiger partial charge on any atom is 0.0983 e. The second-order valence-corrected chi connectivity index (χ2v) is 9.40. The molecule has 0 aromatic carbocycles. The first-order valence-electron chi connectivity index (χ1n) is 7.83. The van der Waals surface area contributed by atoms with Crippen molar-refractivity contribution in [3.63, 3.8) is 0 Å². The van der Waals surface area contributed by atoms with Crippen molar-refractivity contribution in [1.82, 2.24) is 9.80 Å². The molecule has 0 N–H and O–H groups in total. The van der Waals surface area contributed by atoms with Crippen LogP contribution in [-0.4, -0.2) is 50.6 Å². The van der Waals surface area contributed by atoms with Crippen molar-refractivity contribution in [3.8, 4) is 0 Å². The van der Waals surface area contributed by atoms with Crippen molar-refractivity contribution in [1.29, 1.82) is 0 Å². The fourth-order valence-electron chi connectivity index (χ4n) is 3.48. The first-order valence-corrected chi connectivity index (χ1v) is 10.2. The molecule has 3 heteroatoms. The first kappa shape index (κ1) is 14.3. The summed E-state index contributed by atoms with van der Waals surface area (Å²) in [6, 6.07) is 0. The third-order valence-corrected chi connectivity index (χ3v) is 8.05. The second kappa shape index (κ2) is 6.87. The predicted molar refractivity (Wildman–Crippen MR) is 82.5 cm³/mol. The fraction of sp³-hybridized carbons (Fsp3) is 0.867. The molecule has 2 saturated heterocycles. The molecule has 1 atom stereocenters. The smallest absolute Gasteiger partial charge is 0.0983 e. The maximum atomic E-state index is 4.27. The maximum absolute atomic E-state index is 4.27. The average molecular weight is 267 g/mol. The number of hydrogen-bond acceptors (Lipinski definition) is 2. The van der Waals surface area contributed by atoms with Crippen molar-refractivity contribution in [3.05, 3.63) is 11.8 Å². The van der Waals surface area contributed by atoms with E-state index in [0.717, 1.165) is 5.79 Å². The van der Waals surface area contributed by atoms with Crippen molar-refractivity contribution < 1.29 is 0 Å². The van der Waals surface area contributed by atoms with Crippen LogP contribution in [0.2, 0.25) is 6.55 Å². The summed E-state index contributed by atoms with van der Waals surface area (Å²) >= 11 is 0. The van der Waals surface area contributed by atoms with E-state index in [1.54, 1.807) is 0 Å². The number of nitrogens with zero attached hydrogens (tertiary/aromatic N) is 2. The Morgan fingerprint density at radius 2 is 1.28 bits per heavy atom. The zero-order valence-electron chi connectivity index (χ0n) is 12.3. The Labute approximate surface area is 115 Å². The Kier molecular flexibility index (Phi) is 5.46. The monoisotopic (exact) mass is 266 g/mol. The minimum absolute atomic E-state index is 0.753. The average Bonchev–Trinajstić information content (AvgIpc) is 2.41. The highest BCUT2D eigenvalue weighted by Gasteiger charge is 2.32. The Balaban J connectivity index is 2.07. The van der Waals surface area contributed by atoms with Gasteiger partial charge < -0.3 is 0 Å². The van der Waals surface area contributed by atoms with Gasteiger partial charge in [-0.1, -0.05) is 24.6 Å². The highest BCUT2D eigenvalue weighted by atomic mass is 28.3. The van der Waals surface area contributed by atoms with E-state index >= 15 is 0 Å². The van der Waals surface area contributed by atoms with Gasteiger partial charge in [-0.05, 0) is 58.8 Å². The molecule has 2 nitrogen and oxygen atoms in total. The molecule has 0 aromatic heterocycles. The summed E-state index contributed by atoms with van der Waals surface area (Å²) in [7, 11) is -0.879. The third-order valence-electron chi connectivity index (χ3n) is 4.75. The lowest BCUT2D eigenvalue weighted by atomic mass is 10.1. The largest absolute Gasteiger partial charge is 0.291 e. The lowest BCUT2D eigenvalue weighted by Gasteiger charge is -2.46. The summed E-state index contributed by atoms with van der Waals surface area (Å²) in [6.45, 7) is 14.3. The number of piperidine rings is 2. The van der Waals surface area contributed by atoms with Crippen LogP contribution in [0.4, 0.5) is 0 Å². The van der Waals surface area contributed by atoms with Gasteiger partial charge in [0.25, 0.3) is 0 Å². The molecular weight excluding hydrogens is 236 g/mol. The molecular formula is C15H30N2Si. The van der Waals surface area contributed by atoms with Crippen molar-refractivity contribution >= 4 is 8.80 Å². The van der Waals surface area contributed by atoms with E-state index in [1.807, 2.05) is 0 Å². The first-order chi connectivity index (χ1) is 8.70. The van der Waals surface area contributed by atoms with E-state index in [0.29, 0.717) is 0 Å². The van der Waals surface area contributed by atoms with Gasteiger partial charge in [-0.15, -0.1) is 6.58 Å². The summed E-state index contributed by atoms with van der Waals surface area (Å²) in [5, 5.41) is 1.48. The second-order valence-electron chi connectivity index (χ2n) is 6.24. The van der Waals surface area contributed by atoms with Crippen molar-refractivity contribution in [2.24, 2.45) is 0 Å². The summed E-state index contributed by atoms with van der Waals surface area (Å²) in [5.41, 5.74) is 0. The van der Waals surface area contributed by atoms with Gasteiger partial charge in [-0.3, -0.25) is 9.80 Å². The number of allylic oxidation sites excluding steroid dienone is 1. The Hall–Kier alpha value is -0.123. The zero-order chi connectivity index (χ0) is 13.0. The summed E-state index contributed by atoms with van der Waals surface area (Å²) in [6.07, 6.45) is 8.49. The molecule has 2 aliphatic heterocycles. The zero-order valence-corrected chi connectivity index (χ0v) is 13.5. The number of likely N-dealkylation sites (tertiary alicyclic amines) is 2. The molecule has 104 valence electrons. The van der Waals surface area contributed by atoms with Gasteiger partial charge in [-0.2, -0.15) is 0 Å². The number of rotatable bonds is 4. The van der Waals surface area contributed by atoms with Crippen LogP contribution in [0.25, 0.3) is 0 Å². The van der Waals surface area contributed by atoms with Crippen LogP contribution in [0, 0.1) is 0 Å². The number of hydrogen-bond donors (Lipinski definition) is 0. The van der Waals surface area contributed by atoms with Crippen LogP contribution in [0.5, 0.6) is 0 Å². The van der Waals surface area contributed by atoms with Gasteiger partial charge in [0.05, 0.1) is 14.6 Å². The normalized spacial score (nSPS) is 25.3. The summed E-state index contributed by atoms with van der Waals surface area (Å²) < 4.78 is 0. The van der Waals surface area contributed by atoms with Crippen LogP contribution in [0.1, 0.15) is 45.4 Å². The van der Waals surface area contributed by atoms with Gasteiger partial charge in [0, 0.05) is 0 Å². The van der Waals surface area contributed by atoms with Crippen LogP contribution in [0.15, 0.2) is 11.8 Å². The van der Waals surface area contributed by atoms with E-state index in [4.69, 9.17) is 0 Å². The molecule has 2 fully saturated rings. The highest BCUT2D eigenvalue weighted by molar-refractivity contribution is 6.66. The molecule has 0 bridgehead atoms. The van der Waals surface area contributed by atoms with E-state index in [1.165, 1.54) is 69.9 Å². The highest BCUT2D eigenvalue weighted by Crippen LogP contribution is 2.22. The van der Waals surface area contributed by atoms with Crippen molar-refractivity contribution in [2.45, 2.75) is 57.8 Å². The van der Waals surface area contributed by atoms with Crippen LogP contribution < -0.4 is 0 Å². The topological polar surface area (TPSA) is 6.48 Å². The van der Waals surface area contributed by atoms with Crippen LogP contribution >= 0.6 is 0 Å². The minimum atomic E-state index is -0.879. The summed E-state index contributed by atoms with van der Waals surface area (Å²) in [4.78, 5) is 5.58. The molecule has 0 spiro atoms. The third kappa shape index (κ3) is 3.46. The predicted octanol–water partition coefficient (Wildman–Crippen LogP) is 2.80. The SMILES string of the molecule is C=C(C)[SiH](C)C(N1CCCCC1)N1CCCCC1. The Morgan fingerprint density at radius 1 is 0.889 bits per heavy atom. The van der Waals surface area contributed by atoms with Gasteiger partial charge in [-0.25, -0.2) is 0 Å². The molecule has 2 rings (SSSR count). The van der Waals surface area contributed by atoms with E-state index in [9.17, 15) is 0 Å². The molecule has 2 aliphatic rings. The van der Waals surface area contributed by atoms with Gasteiger partial charge in [0.1, 0.15) is 0 Å². The van der Waals surface area contributed by atoms with Gasteiger partial charge >= 0.3 is 0 Å². The van der Waals surface area contributed by atoms with Crippen LogP contribution in [0.3, 0.4) is 0 Å². The molecule has 0 amide bonds. The van der Waals surface area contributed by atoms with Crippen molar-refractivity contribution in [2.75, 3.05) is 26.2 Å². The molecule has 0 aliphatic carbocycles. The van der Waals surface area contributed by atoms with E-state index in [-0.39, 0.29) is 0 Å². The van der Waals surface area contributed by atoms with Gasteiger partial charge in [0.15, 0.2) is 0 Å². The molecule has 1 unspecified atom stereocenters. The Bertz CT molecular complexity index is 250. The molecule has 2 heterocycles. The molecule has 0 aromatic rings. The quantitative estimate of drug-likeness (QED) is 0.722. The minimum Gasteiger partial charge on any atom is -0.291 e. The lowest BCUT2D eigenvalue weighted by molar-refractivity contribution is 0.0644.